The molecule has 0 saturated carbocycles. The zero-order valence-electron chi connectivity index (χ0n) is 12.5. The first-order valence-corrected chi connectivity index (χ1v) is 7.11. The SMILES string of the molecule is CCOC(=O)C(C#N)(CCCCN=[N+]=[N-])Nc1ccccc1. The maximum Gasteiger partial charge on any atom is 0.346 e. The number of hydrogen-bond acceptors (Lipinski definition) is 5. The largest absolute Gasteiger partial charge is 0.463 e. The third kappa shape index (κ3) is 5.00. The second-order valence-corrected chi connectivity index (χ2v) is 4.64. The summed E-state index contributed by atoms with van der Waals surface area (Å²) in [6.07, 6.45) is 1.44. The lowest BCUT2D eigenvalue weighted by molar-refractivity contribution is -0.146. The number of anilines is 1. The van der Waals surface area contributed by atoms with Gasteiger partial charge in [0, 0.05) is 17.1 Å². The number of para-hydroxylation sites is 1. The van der Waals surface area contributed by atoms with Crippen LogP contribution in [-0.4, -0.2) is 24.7 Å². The Labute approximate surface area is 129 Å². The Hall–Kier alpha value is -2.71. The number of esters is 1. The van der Waals surface area contributed by atoms with Crippen molar-refractivity contribution in [2.24, 2.45) is 5.11 Å². The minimum Gasteiger partial charge on any atom is -0.463 e. The third-order valence-electron chi connectivity index (χ3n) is 3.07. The van der Waals surface area contributed by atoms with Gasteiger partial charge in [-0.2, -0.15) is 5.26 Å². The molecule has 0 saturated heterocycles. The summed E-state index contributed by atoms with van der Waals surface area (Å²) in [6, 6.07) is 11.1. The molecule has 1 N–H and O–H groups in total. The van der Waals surface area contributed by atoms with Crippen molar-refractivity contribution in [1.82, 2.24) is 0 Å². The molecule has 0 spiro atoms. The van der Waals surface area contributed by atoms with E-state index in [-0.39, 0.29) is 13.0 Å². The quantitative estimate of drug-likeness (QED) is 0.247. The smallest absolute Gasteiger partial charge is 0.346 e. The van der Waals surface area contributed by atoms with E-state index in [0.717, 1.165) is 0 Å². The lowest BCUT2D eigenvalue weighted by atomic mass is 9.93. The summed E-state index contributed by atoms with van der Waals surface area (Å²) in [5.41, 5.74) is 7.48. The van der Waals surface area contributed by atoms with Gasteiger partial charge in [0.25, 0.3) is 0 Å². The highest BCUT2D eigenvalue weighted by Gasteiger charge is 2.39. The van der Waals surface area contributed by atoms with E-state index in [4.69, 9.17) is 10.3 Å². The molecular formula is C15H19N5O2. The minimum absolute atomic E-state index is 0.206. The minimum atomic E-state index is -1.44. The third-order valence-corrected chi connectivity index (χ3v) is 3.07. The van der Waals surface area contributed by atoms with Crippen molar-refractivity contribution in [3.05, 3.63) is 40.8 Å². The molecule has 0 radical (unpaired) electrons. The van der Waals surface area contributed by atoms with Gasteiger partial charge in [0.05, 0.1) is 6.61 Å². The highest BCUT2D eigenvalue weighted by atomic mass is 16.5. The summed E-state index contributed by atoms with van der Waals surface area (Å²) in [7, 11) is 0. The van der Waals surface area contributed by atoms with Gasteiger partial charge in [0.2, 0.25) is 5.54 Å². The van der Waals surface area contributed by atoms with Gasteiger partial charge in [-0.1, -0.05) is 23.3 Å². The Kier molecular flexibility index (Phi) is 7.31. The highest BCUT2D eigenvalue weighted by Crippen LogP contribution is 2.22. The summed E-state index contributed by atoms with van der Waals surface area (Å²) < 4.78 is 5.04. The van der Waals surface area contributed by atoms with Crippen LogP contribution in [0.4, 0.5) is 5.69 Å². The van der Waals surface area contributed by atoms with Crippen LogP contribution in [0.3, 0.4) is 0 Å². The van der Waals surface area contributed by atoms with Crippen molar-refractivity contribution in [1.29, 1.82) is 5.26 Å². The maximum absolute atomic E-state index is 12.2. The monoisotopic (exact) mass is 301 g/mol. The number of azide groups is 1. The fourth-order valence-corrected chi connectivity index (χ4v) is 1.98. The van der Waals surface area contributed by atoms with Crippen molar-refractivity contribution in [2.75, 3.05) is 18.5 Å². The standard InChI is InChI=1S/C15H19N5O2/c1-2-22-14(21)15(12-16,10-6-7-11-18-20-17)19-13-8-4-3-5-9-13/h3-5,8-9,19H,2,6-7,10-11H2,1H3. The molecule has 7 heteroatoms. The van der Waals surface area contributed by atoms with Crippen LogP contribution in [0.1, 0.15) is 26.2 Å². The first-order chi connectivity index (χ1) is 10.7. The molecule has 0 bridgehead atoms. The Balaban J connectivity index is 2.85. The summed E-state index contributed by atoms with van der Waals surface area (Å²) in [5, 5.41) is 16.0. The molecule has 0 amide bonds. The summed E-state index contributed by atoms with van der Waals surface area (Å²) in [4.78, 5) is 14.9. The molecular weight excluding hydrogens is 282 g/mol. The number of benzene rings is 1. The van der Waals surface area contributed by atoms with Crippen molar-refractivity contribution >= 4 is 11.7 Å². The van der Waals surface area contributed by atoms with Crippen molar-refractivity contribution in [2.45, 2.75) is 31.7 Å². The van der Waals surface area contributed by atoms with E-state index < -0.39 is 11.5 Å². The Morgan fingerprint density at radius 3 is 2.77 bits per heavy atom. The van der Waals surface area contributed by atoms with Gasteiger partial charge in [-0.25, -0.2) is 4.79 Å². The first kappa shape index (κ1) is 17.3. The molecule has 1 aromatic carbocycles. The number of carbonyl (C=O) groups is 1. The molecule has 116 valence electrons. The van der Waals surface area contributed by atoms with Gasteiger partial charge >= 0.3 is 5.97 Å². The Bertz CT molecular complexity index is 563. The number of nitrogens with zero attached hydrogens (tertiary/aromatic N) is 4. The van der Waals surface area contributed by atoms with E-state index in [9.17, 15) is 10.1 Å². The fourth-order valence-electron chi connectivity index (χ4n) is 1.98. The molecule has 1 rings (SSSR count). The van der Waals surface area contributed by atoms with E-state index in [1.807, 2.05) is 18.2 Å². The van der Waals surface area contributed by atoms with E-state index in [1.54, 1.807) is 19.1 Å². The molecule has 22 heavy (non-hydrogen) atoms. The fraction of sp³-hybridized carbons (Fsp3) is 0.467. The normalized spacial score (nSPS) is 12.4. The van der Waals surface area contributed by atoms with Crippen LogP contribution in [0.5, 0.6) is 0 Å². The number of ether oxygens (including phenoxy) is 1. The van der Waals surface area contributed by atoms with Crippen molar-refractivity contribution < 1.29 is 9.53 Å². The average Bonchev–Trinajstić information content (AvgIpc) is 2.54. The average molecular weight is 301 g/mol. The lowest BCUT2D eigenvalue weighted by Gasteiger charge is -2.26. The van der Waals surface area contributed by atoms with Crippen molar-refractivity contribution in [3.8, 4) is 6.07 Å². The van der Waals surface area contributed by atoms with Crippen molar-refractivity contribution in [3.63, 3.8) is 0 Å². The molecule has 0 aromatic heterocycles. The van der Waals surface area contributed by atoms with E-state index >= 15 is 0 Å². The zero-order valence-corrected chi connectivity index (χ0v) is 12.5. The van der Waals surface area contributed by atoms with E-state index in [1.165, 1.54) is 0 Å². The van der Waals surface area contributed by atoms with E-state index in [2.05, 4.69) is 21.4 Å². The van der Waals surface area contributed by atoms with Crippen LogP contribution in [0.15, 0.2) is 35.4 Å². The molecule has 1 aromatic rings. The van der Waals surface area contributed by atoms with Gasteiger partial charge in [0.15, 0.2) is 0 Å². The second kappa shape index (κ2) is 9.27. The number of carbonyl (C=O) groups excluding carboxylic acids is 1. The number of nitrogens with one attached hydrogen (secondary N) is 1. The summed E-state index contributed by atoms with van der Waals surface area (Å²) >= 11 is 0. The van der Waals surface area contributed by atoms with Gasteiger partial charge < -0.3 is 10.1 Å². The molecule has 7 nitrogen and oxygen atoms in total. The number of nitriles is 1. The maximum atomic E-state index is 12.2. The molecule has 0 fully saturated rings. The first-order valence-electron chi connectivity index (χ1n) is 7.11. The molecule has 1 atom stereocenters. The number of hydrogen-bond donors (Lipinski definition) is 1. The summed E-state index contributed by atoms with van der Waals surface area (Å²) in [5.74, 6) is -0.592. The van der Waals surface area contributed by atoms with Crippen LogP contribution < -0.4 is 5.32 Å². The van der Waals surface area contributed by atoms with Gasteiger partial charge in [-0.15, -0.1) is 0 Å². The molecule has 0 heterocycles. The molecule has 0 aliphatic carbocycles. The Morgan fingerprint density at radius 1 is 1.45 bits per heavy atom. The number of unbranched alkanes of at least 4 members (excludes halogenated alkanes) is 1. The van der Waals surface area contributed by atoms with Crippen LogP contribution in [0, 0.1) is 11.3 Å². The predicted octanol–water partition coefficient (Wildman–Crippen LogP) is 3.40. The lowest BCUT2D eigenvalue weighted by Crippen LogP contribution is -2.46. The Morgan fingerprint density at radius 2 is 2.18 bits per heavy atom. The van der Waals surface area contributed by atoms with Gasteiger partial charge in [-0.05, 0) is 43.9 Å². The van der Waals surface area contributed by atoms with Gasteiger partial charge in [0.1, 0.15) is 6.07 Å². The van der Waals surface area contributed by atoms with Gasteiger partial charge in [-0.3, -0.25) is 0 Å². The van der Waals surface area contributed by atoms with Crippen LogP contribution in [0.2, 0.25) is 0 Å². The number of rotatable bonds is 9. The molecule has 1 unspecified atom stereocenters. The second-order valence-electron chi connectivity index (χ2n) is 4.64. The van der Waals surface area contributed by atoms with Crippen LogP contribution in [0.25, 0.3) is 10.4 Å². The van der Waals surface area contributed by atoms with E-state index in [0.29, 0.717) is 25.1 Å². The summed E-state index contributed by atoms with van der Waals surface area (Å²) in [6.45, 7) is 2.24. The highest BCUT2D eigenvalue weighted by molar-refractivity contribution is 5.88. The molecule has 0 aliphatic heterocycles. The van der Waals surface area contributed by atoms with Crippen LogP contribution in [-0.2, 0) is 9.53 Å². The predicted molar refractivity (Wildman–Crippen MR) is 82.9 cm³/mol. The van der Waals surface area contributed by atoms with Crippen LogP contribution >= 0.6 is 0 Å². The topological polar surface area (TPSA) is 111 Å². The molecule has 0 aliphatic rings. The zero-order chi connectivity index (χ0) is 16.3.